The molecule has 0 unspecified atom stereocenters. The number of rotatable bonds is 2. The molecule has 0 spiro atoms. The van der Waals surface area contributed by atoms with Crippen LogP contribution in [-0.4, -0.2) is 21.8 Å². The van der Waals surface area contributed by atoms with Gasteiger partial charge in [-0.15, -0.1) is 0 Å². The van der Waals surface area contributed by atoms with Gasteiger partial charge >= 0.3 is 0 Å². The zero-order valence-electron chi connectivity index (χ0n) is 8.03. The summed E-state index contributed by atoms with van der Waals surface area (Å²) in [6, 6.07) is 0. The van der Waals surface area contributed by atoms with Crippen molar-refractivity contribution in [3.05, 3.63) is 18.0 Å². The van der Waals surface area contributed by atoms with Gasteiger partial charge in [0, 0.05) is 17.9 Å². The van der Waals surface area contributed by atoms with E-state index < -0.39 is 0 Å². The third-order valence-corrected chi connectivity index (χ3v) is 1.29. The fourth-order valence-electron chi connectivity index (χ4n) is 0.799. The first-order valence-electron chi connectivity index (χ1n) is 4.07. The maximum absolute atomic E-state index is 10.3. The summed E-state index contributed by atoms with van der Waals surface area (Å²) in [4.78, 5) is 18.3. The molecule has 0 atom stereocenters. The van der Waals surface area contributed by atoms with E-state index in [-0.39, 0.29) is 5.54 Å². The van der Waals surface area contributed by atoms with Gasteiger partial charge in [0.1, 0.15) is 0 Å². The Balaban J connectivity index is 2.75. The number of aldehydes is 1. The van der Waals surface area contributed by atoms with Gasteiger partial charge < -0.3 is 5.32 Å². The Morgan fingerprint density at radius 2 is 1.85 bits per heavy atom. The first kappa shape index (κ1) is 9.64. The van der Waals surface area contributed by atoms with E-state index in [1.807, 2.05) is 20.8 Å². The van der Waals surface area contributed by atoms with Crippen molar-refractivity contribution in [2.45, 2.75) is 26.3 Å². The molecule has 70 valence electrons. The predicted molar refractivity (Wildman–Crippen MR) is 50.8 cm³/mol. The van der Waals surface area contributed by atoms with Gasteiger partial charge in [0.25, 0.3) is 0 Å². The molecular formula is C9H13N3O. The average molecular weight is 179 g/mol. The van der Waals surface area contributed by atoms with Crippen LogP contribution in [0.5, 0.6) is 0 Å². The van der Waals surface area contributed by atoms with Gasteiger partial charge in [-0.1, -0.05) is 0 Å². The molecule has 4 heteroatoms. The molecule has 0 fully saturated rings. The van der Waals surface area contributed by atoms with E-state index in [1.165, 1.54) is 12.4 Å². The average Bonchev–Trinajstić information content (AvgIpc) is 2.03. The SMILES string of the molecule is CC(C)(C)Nc1ncc(C=O)cn1. The topological polar surface area (TPSA) is 54.9 Å². The van der Waals surface area contributed by atoms with E-state index in [0.717, 1.165) is 6.29 Å². The van der Waals surface area contributed by atoms with E-state index in [1.54, 1.807) is 0 Å². The summed E-state index contributed by atoms with van der Waals surface area (Å²) in [5.74, 6) is 0.540. The van der Waals surface area contributed by atoms with E-state index >= 15 is 0 Å². The van der Waals surface area contributed by atoms with Gasteiger partial charge in [0.2, 0.25) is 5.95 Å². The molecule has 1 aromatic rings. The third-order valence-electron chi connectivity index (χ3n) is 1.29. The number of carbonyl (C=O) groups excluding carboxylic acids is 1. The molecule has 0 amide bonds. The Morgan fingerprint density at radius 3 is 2.23 bits per heavy atom. The highest BCUT2D eigenvalue weighted by molar-refractivity contribution is 5.73. The largest absolute Gasteiger partial charge is 0.350 e. The second-order valence-electron chi connectivity index (χ2n) is 3.83. The van der Waals surface area contributed by atoms with Crippen LogP contribution in [0, 0.1) is 0 Å². The molecule has 0 aliphatic rings. The second-order valence-corrected chi connectivity index (χ2v) is 3.83. The van der Waals surface area contributed by atoms with Gasteiger partial charge in [-0.3, -0.25) is 4.79 Å². The van der Waals surface area contributed by atoms with Crippen molar-refractivity contribution in [3.8, 4) is 0 Å². The number of hydrogen-bond donors (Lipinski definition) is 1. The number of hydrogen-bond acceptors (Lipinski definition) is 4. The van der Waals surface area contributed by atoms with E-state index in [2.05, 4.69) is 15.3 Å². The number of anilines is 1. The lowest BCUT2D eigenvalue weighted by molar-refractivity contribution is 0.112. The Bertz CT molecular complexity index is 287. The number of aromatic nitrogens is 2. The number of nitrogens with zero attached hydrogens (tertiary/aromatic N) is 2. The van der Waals surface area contributed by atoms with Crippen molar-refractivity contribution in [2.24, 2.45) is 0 Å². The van der Waals surface area contributed by atoms with Gasteiger partial charge in [-0.25, -0.2) is 9.97 Å². The molecule has 0 saturated carbocycles. The number of nitrogens with one attached hydrogen (secondary N) is 1. The molecule has 0 saturated heterocycles. The monoisotopic (exact) mass is 179 g/mol. The van der Waals surface area contributed by atoms with Crippen molar-refractivity contribution in [1.82, 2.24) is 9.97 Å². The molecule has 0 aliphatic heterocycles. The van der Waals surface area contributed by atoms with E-state index in [9.17, 15) is 4.79 Å². The Kier molecular flexibility index (Phi) is 2.60. The van der Waals surface area contributed by atoms with Crippen LogP contribution in [0.2, 0.25) is 0 Å². The molecular weight excluding hydrogens is 166 g/mol. The van der Waals surface area contributed by atoms with Gasteiger partial charge in [0.15, 0.2) is 6.29 Å². The number of carbonyl (C=O) groups is 1. The van der Waals surface area contributed by atoms with E-state index in [4.69, 9.17) is 0 Å². The summed E-state index contributed by atoms with van der Waals surface area (Å²) >= 11 is 0. The molecule has 1 aromatic heterocycles. The first-order chi connectivity index (χ1) is 6.01. The Morgan fingerprint density at radius 1 is 1.31 bits per heavy atom. The zero-order chi connectivity index (χ0) is 9.90. The predicted octanol–water partition coefficient (Wildman–Crippen LogP) is 1.50. The van der Waals surface area contributed by atoms with Crippen LogP contribution < -0.4 is 5.32 Å². The van der Waals surface area contributed by atoms with Crippen LogP contribution in [0.3, 0.4) is 0 Å². The highest BCUT2D eigenvalue weighted by Gasteiger charge is 2.10. The van der Waals surface area contributed by atoms with Crippen molar-refractivity contribution in [1.29, 1.82) is 0 Å². The van der Waals surface area contributed by atoms with Crippen molar-refractivity contribution in [2.75, 3.05) is 5.32 Å². The van der Waals surface area contributed by atoms with Crippen LogP contribution in [0.4, 0.5) is 5.95 Å². The highest BCUT2D eigenvalue weighted by atomic mass is 16.1. The lowest BCUT2D eigenvalue weighted by Crippen LogP contribution is -2.27. The standard InChI is InChI=1S/C9H13N3O/c1-9(2,3)12-8-10-4-7(6-13)5-11-8/h4-6H,1-3H3,(H,10,11,12). The zero-order valence-corrected chi connectivity index (χ0v) is 8.03. The molecule has 13 heavy (non-hydrogen) atoms. The van der Waals surface area contributed by atoms with Gasteiger partial charge in [0.05, 0.1) is 5.56 Å². The second kappa shape index (κ2) is 3.51. The molecule has 0 radical (unpaired) electrons. The summed E-state index contributed by atoms with van der Waals surface area (Å²) in [5.41, 5.74) is 0.419. The minimum atomic E-state index is -0.0668. The first-order valence-corrected chi connectivity index (χ1v) is 4.07. The molecule has 1 heterocycles. The maximum atomic E-state index is 10.3. The lowest BCUT2D eigenvalue weighted by atomic mass is 10.1. The smallest absolute Gasteiger partial charge is 0.223 e. The minimum absolute atomic E-state index is 0.0668. The van der Waals surface area contributed by atoms with Crippen LogP contribution in [-0.2, 0) is 0 Å². The summed E-state index contributed by atoms with van der Waals surface area (Å²) in [7, 11) is 0. The van der Waals surface area contributed by atoms with Crippen molar-refractivity contribution < 1.29 is 4.79 Å². The van der Waals surface area contributed by atoms with Gasteiger partial charge in [-0.2, -0.15) is 0 Å². The highest BCUT2D eigenvalue weighted by Crippen LogP contribution is 2.08. The summed E-state index contributed by atoms with van der Waals surface area (Å²) in [5, 5.41) is 3.09. The minimum Gasteiger partial charge on any atom is -0.350 e. The fourth-order valence-corrected chi connectivity index (χ4v) is 0.799. The van der Waals surface area contributed by atoms with Crippen molar-refractivity contribution >= 4 is 12.2 Å². The normalized spacial score (nSPS) is 11.0. The molecule has 0 aromatic carbocycles. The fraction of sp³-hybridized carbons (Fsp3) is 0.444. The Labute approximate surface area is 77.4 Å². The summed E-state index contributed by atoms with van der Waals surface area (Å²) in [6.07, 6.45) is 3.71. The molecule has 4 nitrogen and oxygen atoms in total. The quantitative estimate of drug-likeness (QED) is 0.699. The van der Waals surface area contributed by atoms with Crippen LogP contribution >= 0.6 is 0 Å². The maximum Gasteiger partial charge on any atom is 0.223 e. The lowest BCUT2D eigenvalue weighted by Gasteiger charge is -2.19. The summed E-state index contributed by atoms with van der Waals surface area (Å²) < 4.78 is 0. The third kappa shape index (κ3) is 3.19. The van der Waals surface area contributed by atoms with Crippen LogP contribution in [0.1, 0.15) is 31.1 Å². The van der Waals surface area contributed by atoms with Crippen LogP contribution in [0.15, 0.2) is 12.4 Å². The summed E-state index contributed by atoms with van der Waals surface area (Å²) in [6.45, 7) is 6.05. The molecule has 0 aliphatic carbocycles. The van der Waals surface area contributed by atoms with Crippen molar-refractivity contribution in [3.63, 3.8) is 0 Å². The van der Waals surface area contributed by atoms with E-state index in [0.29, 0.717) is 11.5 Å². The molecule has 1 rings (SSSR count). The van der Waals surface area contributed by atoms with Crippen LogP contribution in [0.25, 0.3) is 0 Å². The Hall–Kier alpha value is -1.45. The molecule has 0 bridgehead atoms. The molecule has 1 N–H and O–H groups in total. The van der Waals surface area contributed by atoms with Gasteiger partial charge in [-0.05, 0) is 20.8 Å².